The Hall–Kier alpha value is -2.65. The predicted octanol–water partition coefficient (Wildman–Crippen LogP) is 1.74. The molecule has 1 atom stereocenters. The van der Waals surface area contributed by atoms with E-state index < -0.39 is 0 Å². The maximum absolute atomic E-state index is 12.4. The summed E-state index contributed by atoms with van der Waals surface area (Å²) in [6.45, 7) is 0.543. The van der Waals surface area contributed by atoms with E-state index in [0.717, 1.165) is 34.5 Å². The third-order valence-electron chi connectivity index (χ3n) is 3.95. The van der Waals surface area contributed by atoms with Crippen LogP contribution in [0.4, 0.5) is 5.13 Å². The van der Waals surface area contributed by atoms with Gasteiger partial charge in [-0.3, -0.25) is 14.9 Å². The highest BCUT2D eigenvalue weighted by molar-refractivity contribution is 7.15. The number of hydrogen-bond acceptors (Lipinski definition) is 7. The van der Waals surface area contributed by atoms with Crippen LogP contribution in [0, 0.1) is 0 Å². The van der Waals surface area contributed by atoms with Crippen molar-refractivity contribution >= 4 is 33.1 Å². The Morgan fingerprint density at radius 2 is 2.24 bits per heavy atom. The second-order valence-electron chi connectivity index (χ2n) is 5.69. The fraction of sp³-hybridized carbons (Fsp3) is 0.312. The van der Waals surface area contributed by atoms with E-state index in [2.05, 4.69) is 20.6 Å². The molecule has 1 amide bonds. The van der Waals surface area contributed by atoms with E-state index in [9.17, 15) is 9.59 Å². The van der Waals surface area contributed by atoms with E-state index in [-0.39, 0.29) is 24.1 Å². The molecular weight excluding hydrogens is 342 g/mol. The first-order chi connectivity index (χ1) is 12.2. The average molecular weight is 357 g/mol. The van der Waals surface area contributed by atoms with Gasteiger partial charge < -0.3 is 4.74 Å². The first-order valence-electron chi connectivity index (χ1n) is 7.90. The molecule has 1 fully saturated rings. The van der Waals surface area contributed by atoms with Gasteiger partial charge in [0.05, 0.1) is 11.6 Å². The first-order valence-corrected chi connectivity index (χ1v) is 8.72. The molecule has 0 aliphatic carbocycles. The van der Waals surface area contributed by atoms with Crippen molar-refractivity contribution in [1.29, 1.82) is 0 Å². The van der Waals surface area contributed by atoms with Crippen molar-refractivity contribution in [1.82, 2.24) is 20.0 Å². The molecular formula is C16H15N5O3S. The van der Waals surface area contributed by atoms with E-state index in [0.29, 0.717) is 10.5 Å². The maximum Gasteiger partial charge on any atom is 0.275 e. The lowest BCUT2D eigenvalue weighted by molar-refractivity contribution is -0.117. The second-order valence-corrected chi connectivity index (χ2v) is 6.70. The van der Waals surface area contributed by atoms with Crippen LogP contribution >= 0.6 is 11.3 Å². The number of nitrogens with zero attached hydrogens (tertiary/aromatic N) is 4. The van der Waals surface area contributed by atoms with E-state index in [4.69, 9.17) is 4.74 Å². The minimum absolute atomic E-state index is 0.0343. The zero-order valence-corrected chi connectivity index (χ0v) is 14.0. The van der Waals surface area contributed by atoms with Crippen molar-refractivity contribution < 1.29 is 9.53 Å². The Bertz CT molecular complexity index is 977. The van der Waals surface area contributed by atoms with Crippen molar-refractivity contribution in [2.45, 2.75) is 25.5 Å². The standard InChI is InChI=1S/C16H15N5O3S/c22-13(18-16-20-19-14(25-16)12-6-3-7-24-12)9-21-15(23)11-5-2-1-4-10(11)8-17-21/h1-2,4-5,8,12H,3,6-7,9H2,(H,18,20,22)/t12-/m0/s1. The Labute approximate surface area is 146 Å². The number of anilines is 1. The minimum Gasteiger partial charge on any atom is -0.371 e. The second kappa shape index (κ2) is 6.69. The summed E-state index contributed by atoms with van der Waals surface area (Å²) in [5.74, 6) is -0.375. The number of hydrogen-bond donors (Lipinski definition) is 1. The summed E-state index contributed by atoms with van der Waals surface area (Å²) in [4.78, 5) is 24.6. The SMILES string of the molecule is O=C(Cn1ncc2ccccc2c1=O)Nc1nnc([C@@H]2CCCO2)s1. The van der Waals surface area contributed by atoms with Gasteiger partial charge in [-0.25, -0.2) is 4.68 Å². The number of carbonyl (C=O) groups is 1. The molecule has 0 saturated carbocycles. The summed E-state index contributed by atoms with van der Waals surface area (Å²) in [5, 5.41) is 17.2. The van der Waals surface area contributed by atoms with E-state index in [1.54, 1.807) is 18.3 Å². The molecule has 3 aromatic rings. The molecule has 8 nitrogen and oxygen atoms in total. The molecule has 1 aliphatic heterocycles. The number of benzene rings is 1. The van der Waals surface area contributed by atoms with Crippen LogP contribution in [0.5, 0.6) is 0 Å². The lowest BCUT2D eigenvalue weighted by Crippen LogP contribution is -2.29. The number of aromatic nitrogens is 4. The maximum atomic E-state index is 12.4. The van der Waals surface area contributed by atoms with Crippen molar-refractivity contribution in [3.8, 4) is 0 Å². The highest BCUT2D eigenvalue weighted by Crippen LogP contribution is 2.31. The zero-order valence-electron chi connectivity index (χ0n) is 13.2. The largest absolute Gasteiger partial charge is 0.371 e. The molecule has 1 saturated heterocycles. The van der Waals surface area contributed by atoms with E-state index >= 15 is 0 Å². The fourth-order valence-corrected chi connectivity index (χ4v) is 3.57. The molecule has 25 heavy (non-hydrogen) atoms. The van der Waals surface area contributed by atoms with Crippen LogP contribution in [0.2, 0.25) is 0 Å². The molecule has 1 N–H and O–H groups in total. The van der Waals surface area contributed by atoms with Crippen molar-refractivity contribution in [2.24, 2.45) is 0 Å². The van der Waals surface area contributed by atoms with Crippen molar-refractivity contribution in [3.63, 3.8) is 0 Å². The van der Waals surface area contributed by atoms with Crippen LogP contribution < -0.4 is 10.9 Å². The molecule has 2 aromatic heterocycles. The van der Waals surface area contributed by atoms with Crippen LogP contribution in [-0.2, 0) is 16.1 Å². The van der Waals surface area contributed by atoms with Crippen LogP contribution in [0.3, 0.4) is 0 Å². The van der Waals surface area contributed by atoms with E-state index in [1.807, 2.05) is 12.1 Å². The zero-order chi connectivity index (χ0) is 17.2. The third-order valence-corrected chi connectivity index (χ3v) is 4.88. The van der Waals surface area contributed by atoms with Crippen molar-refractivity contribution in [2.75, 3.05) is 11.9 Å². The van der Waals surface area contributed by atoms with Gasteiger partial charge >= 0.3 is 0 Å². The monoisotopic (exact) mass is 357 g/mol. The summed E-state index contributed by atoms with van der Waals surface area (Å²) < 4.78 is 6.69. The van der Waals surface area contributed by atoms with Gasteiger partial charge in [0, 0.05) is 12.0 Å². The number of nitrogens with one attached hydrogen (secondary N) is 1. The Balaban J connectivity index is 1.47. The van der Waals surface area contributed by atoms with Crippen LogP contribution in [0.25, 0.3) is 10.8 Å². The van der Waals surface area contributed by atoms with Crippen molar-refractivity contribution in [3.05, 3.63) is 45.8 Å². The molecule has 3 heterocycles. The molecule has 0 bridgehead atoms. The Kier molecular flexibility index (Phi) is 4.24. The van der Waals surface area contributed by atoms with Crippen LogP contribution in [0.15, 0.2) is 35.3 Å². The smallest absolute Gasteiger partial charge is 0.275 e. The van der Waals surface area contributed by atoms with Gasteiger partial charge in [-0.05, 0) is 18.9 Å². The number of fused-ring (bicyclic) bond motifs is 1. The average Bonchev–Trinajstić information content (AvgIpc) is 3.29. The minimum atomic E-state index is -0.375. The predicted molar refractivity (Wildman–Crippen MR) is 92.5 cm³/mol. The van der Waals surface area contributed by atoms with Crippen LogP contribution in [-0.4, -0.2) is 32.5 Å². The summed E-state index contributed by atoms with van der Waals surface area (Å²) >= 11 is 1.29. The molecule has 9 heteroatoms. The summed E-state index contributed by atoms with van der Waals surface area (Å²) in [5.41, 5.74) is -0.300. The molecule has 1 aliphatic rings. The summed E-state index contributed by atoms with van der Waals surface area (Å²) in [6.07, 6.45) is 3.46. The summed E-state index contributed by atoms with van der Waals surface area (Å²) in [6, 6.07) is 7.14. The number of rotatable bonds is 4. The lowest BCUT2D eigenvalue weighted by atomic mass is 10.2. The van der Waals surface area contributed by atoms with Gasteiger partial charge in [0.25, 0.3) is 5.56 Å². The quantitative estimate of drug-likeness (QED) is 0.763. The normalized spacial score (nSPS) is 17.0. The molecule has 0 spiro atoms. The molecule has 1 aromatic carbocycles. The molecule has 128 valence electrons. The topological polar surface area (TPSA) is 99.0 Å². The van der Waals surface area contributed by atoms with Crippen LogP contribution in [0.1, 0.15) is 24.0 Å². The third kappa shape index (κ3) is 3.28. The Morgan fingerprint density at radius 1 is 1.36 bits per heavy atom. The highest BCUT2D eigenvalue weighted by Gasteiger charge is 2.22. The van der Waals surface area contributed by atoms with Gasteiger partial charge in [-0.2, -0.15) is 5.10 Å². The molecule has 0 radical (unpaired) electrons. The summed E-state index contributed by atoms with van der Waals surface area (Å²) in [7, 11) is 0. The van der Waals surface area contributed by atoms with Gasteiger partial charge in [-0.1, -0.05) is 29.5 Å². The fourth-order valence-electron chi connectivity index (χ4n) is 2.72. The van der Waals surface area contributed by atoms with Gasteiger partial charge in [-0.15, -0.1) is 10.2 Å². The van der Waals surface area contributed by atoms with E-state index in [1.165, 1.54) is 11.3 Å². The highest BCUT2D eigenvalue weighted by atomic mass is 32.1. The Morgan fingerprint density at radius 3 is 3.08 bits per heavy atom. The van der Waals surface area contributed by atoms with Gasteiger partial charge in [0.1, 0.15) is 17.7 Å². The number of carbonyl (C=O) groups excluding carboxylic acids is 1. The van der Waals surface area contributed by atoms with Gasteiger partial charge in [0.15, 0.2) is 0 Å². The molecule has 4 rings (SSSR count). The lowest BCUT2D eigenvalue weighted by Gasteiger charge is -2.05. The number of ether oxygens (including phenoxy) is 1. The first kappa shape index (κ1) is 15.9. The molecule has 0 unspecified atom stereocenters. The van der Waals surface area contributed by atoms with Gasteiger partial charge in [0.2, 0.25) is 11.0 Å². The number of amides is 1.